The van der Waals surface area contributed by atoms with E-state index in [9.17, 15) is 4.79 Å². The number of nitrogens with zero attached hydrogens (tertiary/aromatic N) is 6. The van der Waals surface area contributed by atoms with Crippen molar-refractivity contribution >= 4 is 12.0 Å². The lowest BCUT2D eigenvalue weighted by Crippen LogP contribution is -2.35. The predicted molar refractivity (Wildman–Crippen MR) is 75.8 cm³/mol. The molecule has 2 amide bonds. The molecule has 1 unspecified atom stereocenters. The van der Waals surface area contributed by atoms with Gasteiger partial charge in [-0.2, -0.15) is 0 Å². The minimum Gasteiger partial charge on any atom is -0.322 e. The smallest absolute Gasteiger partial charge is 0.322 e. The number of aromatic nitrogens is 4. The van der Waals surface area contributed by atoms with E-state index in [0.29, 0.717) is 12.5 Å². The average molecular weight is 284 g/mol. The first-order chi connectivity index (χ1) is 10.3. The Labute approximate surface area is 122 Å². The van der Waals surface area contributed by atoms with Crippen LogP contribution in [0.5, 0.6) is 0 Å². The molecule has 2 aromatic rings. The molecule has 21 heavy (non-hydrogen) atoms. The Hall–Kier alpha value is -2.44. The molecular weight excluding hydrogens is 268 g/mol. The summed E-state index contributed by atoms with van der Waals surface area (Å²) in [6, 6.07) is 10.2. The fourth-order valence-electron chi connectivity index (χ4n) is 3.13. The number of hydrogen-bond acceptors (Lipinski definition) is 4. The highest BCUT2D eigenvalue weighted by Gasteiger charge is 2.42. The van der Waals surface area contributed by atoms with Gasteiger partial charge in [0, 0.05) is 13.1 Å². The van der Waals surface area contributed by atoms with Crippen LogP contribution in [-0.4, -0.2) is 50.3 Å². The van der Waals surface area contributed by atoms with Crippen molar-refractivity contribution < 1.29 is 4.79 Å². The second-order valence-corrected chi connectivity index (χ2v) is 5.52. The van der Waals surface area contributed by atoms with Crippen molar-refractivity contribution in [3.05, 3.63) is 35.9 Å². The van der Waals surface area contributed by atoms with E-state index in [1.165, 1.54) is 0 Å². The van der Waals surface area contributed by atoms with E-state index in [2.05, 4.69) is 15.5 Å². The van der Waals surface area contributed by atoms with Gasteiger partial charge in [-0.3, -0.25) is 4.90 Å². The zero-order valence-electron chi connectivity index (χ0n) is 11.6. The van der Waals surface area contributed by atoms with Crippen LogP contribution in [-0.2, 0) is 6.54 Å². The number of fused-ring (bicyclic) bond motifs is 2. The Balaban J connectivity index is 1.64. The number of amides is 2. The topological polar surface area (TPSA) is 67.2 Å². The summed E-state index contributed by atoms with van der Waals surface area (Å²) in [5, 5.41) is 11.9. The first kappa shape index (κ1) is 12.3. The second kappa shape index (κ2) is 4.83. The summed E-state index contributed by atoms with van der Waals surface area (Å²) in [5.41, 5.74) is 1.11. The summed E-state index contributed by atoms with van der Waals surface area (Å²) in [6.45, 7) is 2.20. The Kier molecular flexibility index (Phi) is 2.83. The molecule has 0 radical (unpaired) electrons. The standard InChI is InChI=1S/C14H16N6O/c21-14-18-8-4-7-12(10-18)20(14)13-15-16-17-19(13)9-11-5-2-1-3-6-11/h1-3,5-6,12H,4,7-10H2. The van der Waals surface area contributed by atoms with Gasteiger partial charge in [-0.05, 0) is 28.8 Å². The van der Waals surface area contributed by atoms with Gasteiger partial charge in [0.25, 0.3) is 5.95 Å². The molecule has 0 aliphatic carbocycles. The van der Waals surface area contributed by atoms with E-state index in [4.69, 9.17) is 0 Å². The molecule has 1 aromatic carbocycles. The van der Waals surface area contributed by atoms with Crippen molar-refractivity contribution in [2.75, 3.05) is 18.0 Å². The first-order valence-corrected chi connectivity index (χ1v) is 7.21. The number of anilines is 1. The van der Waals surface area contributed by atoms with Gasteiger partial charge in [0.15, 0.2) is 0 Å². The Bertz CT molecular complexity index is 654. The maximum absolute atomic E-state index is 12.4. The summed E-state index contributed by atoms with van der Waals surface area (Å²) in [6.07, 6.45) is 2.06. The van der Waals surface area contributed by atoms with Crippen LogP contribution in [0.25, 0.3) is 0 Å². The highest BCUT2D eigenvalue weighted by molar-refractivity contribution is 5.93. The summed E-state index contributed by atoms with van der Waals surface area (Å²) in [4.78, 5) is 16.1. The van der Waals surface area contributed by atoms with Gasteiger partial charge in [-0.1, -0.05) is 35.4 Å². The molecule has 3 heterocycles. The number of rotatable bonds is 3. The number of carbonyl (C=O) groups excluding carboxylic acids is 1. The van der Waals surface area contributed by atoms with E-state index in [1.807, 2.05) is 35.2 Å². The molecule has 0 saturated carbocycles. The fraction of sp³-hybridized carbons (Fsp3) is 0.429. The quantitative estimate of drug-likeness (QED) is 0.847. The van der Waals surface area contributed by atoms with Crippen LogP contribution >= 0.6 is 0 Å². The number of hydrogen-bond donors (Lipinski definition) is 0. The van der Waals surface area contributed by atoms with E-state index in [0.717, 1.165) is 31.5 Å². The molecule has 2 aliphatic rings. The van der Waals surface area contributed by atoms with Crippen molar-refractivity contribution in [3.63, 3.8) is 0 Å². The van der Waals surface area contributed by atoms with Crippen molar-refractivity contribution in [1.29, 1.82) is 0 Å². The number of carbonyl (C=O) groups is 1. The highest BCUT2D eigenvalue weighted by Crippen LogP contribution is 2.29. The zero-order valence-corrected chi connectivity index (χ0v) is 11.6. The summed E-state index contributed by atoms with van der Waals surface area (Å²) in [5.74, 6) is 0.554. The van der Waals surface area contributed by atoms with Gasteiger partial charge in [0.1, 0.15) is 0 Å². The van der Waals surface area contributed by atoms with Crippen molar-refractivity contribution in [3.8, 4) is 0 Å². The van der Waals surface area contributed by atoms with E-state index in [1.54, 1.807) is 9.58 Å². The zero-order chi connectivity index (χ0) is 14.2. The lowest BCUT2D eigenvalue weighted by molar-refractivity contribution is 0.216. The third-order valence-corrected chi connectivity index (χ3v) is 4.14. The third kappa shape index (κ3) is 2.05. The van der Waals surface area contributed by atoms with E-state index in [-0.39, 0.29) is 12.1 Å². The molecule has 2 bridgehead atoms. The van der Waals surface area contributed by atoms with E-state index >= 15 is 0 Å². The van der Waals surface area contributed by atoms with Crippen LogP contribution in [0.4, 0.5) is 10.7 Å². The average Bonchev–Trinajstić information content (AvgIpc) is 3.04. The number of urea groups is 1. The van der Waals surface area contributed by atoms with Crippen LogP contribution in [0.2, 0.25) is 0 Å². The minimum atomic E-state index is 0.0293. The molecule has 4 rings (SSSR count). The molecule has 2 aliphatic heterocycles. The van der Waals surface area contributed by atoms with Gasteiger partial charge < -0.3 is 4.90 Å². The van der Waals surface area contributed by atoms with Crippen LogP contribution in [0, 0.1) is 0 Å². The van der Waals surface area contributed by atoms with Gasteiger partial charge in [0.05, 0.1) is 12.6 Å². The van der Waals surface area contributed by atoms with Crippen molar-refractivity contribution in [2.45, 2.75) is 25.4 Å². The molecular formula is C14H16N6O. The molecule has 7 heteroatoms. The lowest BCUT2D eigenvalue weighted by atomic mass is 10.1. The lowest BCUT2D eigenvalue weighted by Gasteiger charge is -2.21. The molecule has 2 saturated heterocycles. The summed E-state index contributed by atoms with van der Waals surface area (Å²) in [7, 11) is 0. The van der Waals surface area contributed by atoms with Gasteiger partial charge in [0.2, 0.25) is 0 Å². The SMILES string of the molecule is O=C1N2CCCC(C2)N1c1nnnn1Cc1ccccc1. The maximum Gasteiger partial charge on any atom is 0.327 e. The molecule has 0 spiro atoms. The fourth-order valence-corrected chi connectivity index (χ4v) is 3.13. The highest BCUT2D eigenvalue weighted by atomic mass is 16.2. The van der Waals surface area contributed by atoms with Crippen LogP contribution < -0.4 is 4.90 Å². The molecule has 108 valence electrons. The minimum absolute atomic E-state index is 0.0293. The number of piperidine rings is 1. The monoisotopic (exact) mass is 284 g/mol. The van der Waals surface area contributed by atoms with Crippen LogP contribution in [0.3, 0.4) is 0 Å². The molecule has 0 N–H and O–H groups in total. The van der Waals surface area contributed by atoms with Crippen molar-refractivity contribution in [2.24, 2.45) is 0 Å². The molecule has 1 aromatic heterocycles. The van der Waals surface area contributed by atoms with Gasteiger partial charge in [-0.15, -0.1) is 0 Å². The summed E-state index contributed by atoms with van der Waals surface area (Å²) < 4.78 is 1.70. The van der Waals surface area contributed by atoms with Gasteiger partial charge in [-0.25, -0.2) is 9.48 Å². The van der Waals surface area contributed by atoms with Gasteiger partial charge >= 0.3 is 6.03 Å². The first-order valence-electron chi connectivity index (χ1n) is 7.21. The third-order valence-electron chi connectivity index (χ3n) is 4.14. The van der Waals surface area contributed by atoms with Crippen LogP contribution in [0.1, 0.15) is 18.4 Å². The largest absolute Gasteiger partial charge is 0.327 e. The normalized spacial score (nSPS) is 21.1. The van der Waals surface area contributed by atoms with Crippen LogP contribution in [0.15, 0.2) is 30.3 Å². The Morgan fingerprint density at radius 1 is 1.24 bits per heavy atom. The number of tetrazole rings is 1. The molecule has 7 nitrogen and oxygen atoms in total. The molecule has 1 atom stereocenters. The second-order valence-electron chi connectivity index (χ2n) is 5.52. The Morgan fingerprint density at radius 2 is 2.10 bits per heavy atom. The summed E-state index contributed by atoms with van der Waals surface area (Å²) >= 11 is 0. The number of benzene rings is 1. The predicted octanol–water partition coefficient (Wildman–Crippen LogP) is 1.13. The van der Waals surface area contributed by atoms with E-state index < -0.39 is 0 Å². The maximum atomic E-state index is 12.4. The van der Waals surface area contributed by atoms with Crippen molar-refractivity contribution in [1.82, 2.24) is 25.1 Å². The Morgan fingerprint density at radius 3 is 2.90 bits per heavy atom. The molecule has 2 fully saturated rings.